The molecule has 2 aromatic rings. The lowest BCUT2D eigenvalue weighted by atomic mass is 10.2. The van der Waals surface area contributed by atoms with E-state index in [0.29, 0.717) is 21.6 Å². The molecule has 1 heterocycles. The van der Waals surface area contributed by atoms with Gasteiger partial charge >= 0.3 is 0 Å². The minimum Gasteiger partial charge on any atom is -0.339 e. The van der Waals surface area contributed by atoms with Crippen LogP contribution in [0.4, 0.5) is 0 Å². The molecule has 0 atom stereocenters. The van der Waals surface area contributed by atoms with Crippen LogP contribution in [0.5, 0.6) is 0 Å². The largest absolute Gasteiger partial charge is 0.339 e. The smallest absolute Gasteiger partial charge is 0.232 e. The maximum atomic E-state index is 12.4. The number of rotatable bonds is 6. The number of carbonyl (C=O) groups excluding carboxylic acids is 1. The second-order valence-electron chi connectivity index (χ2n) is 6.34. The van der Waals surface area contributed by atoms with Crippen molar-refractivity contribution < 1.29 is 4.79 Å². The molecular formula is C20H22Cl2N2OS. The van der Waals surface area contributed by atoms with Crippen LogP contribution in [0.1, 0.15) is 11.1 Å². The summed E-state index contributed by atoms with van der Waals surface area (Å²) >= 11 is 13.9. The molecule has 0 radical (unpaired) electrons. The first-order valence-electron chi connectivity index (χ1n) is 8.68. The van der Waals surface area contributed by atoms with Crippen molar-refractivity contribution in [3.8, 4) is 0 Å². The zero-order valence-corrected chi connectivity index (χ0v) is 16.9. The van der Waals surface area contributed by atoms with Crippen molar-refractivity contribution in [2.24, 2.45) is 0 Å². The highest BCUT2D eigenvalue weighted by Gasteiger charge is 2.21. The van der Waals surface area contributed by atoms with Gasteiger partial charge in [0, 0.05) is 48.5 Å². The van der Waals surface area contributed by atoms with Crippen molar-refractivity contribution >= 4 is 40.9 Å². The third kappa shape index (κ3) is 5.40. The Hall–Kier alpha value is -1.20. The first kappa shape index (κ1) is 19.6. The van der Waals surface area contributed by atoms with Gasteiger partial charge in [-0.25, -0.2) is 0 Å². The molecule has 0 aliphatic carbocycles. The predicted octanol–water partition coefficient (Wildman–Crippen LogP) is 4.57. The maximum Gasteiger partial charge on any atom is 0.232 e. The molecule has 1 fully saturated rings. The van der Waals surface area contributed by atoms with Crippen LogP contribution in [0.2, 0.25) is 10.0 Å². The molecule has 1 saturated heterocycles. The highest BCUT2D eigenvalue weighted by atomic mass is 35.5. The summed E-state index contributed by atoms with van der Waals surface area (Å²) in [5.41, 5.74) is 2.22. The van der Waals surface area contributed by atoms with Gasteiger partial charge < -0.3 is 4.90 Å². The molecule has 1 aliphatic heterocycles. The van der Waals surface area contributed by atoms with Crippen LogP contribution in [0.3, 0.4) is 0 Å². The van der Waals surface area contributed by atoms with E-state index in [-0.39, 0.29) is 5.91 Å². The SMILES string of the molecule is O=C(CSCc1c(Cl)cccc1Cl)N1CCN(Cc2ccccc2)CC1. The summed E-state index contributed by atoms with van der Waals surface area (Å²) < 4.78 is 0. The van der Waals surface area contributed by atoms with E-state index in [4.69, 9.17) is 23.2 Å². The number of amides is 1. The van der Waals surface area contributed by atoms with Crippen LogP contribution >= 0.6 is 35.0 Å². The van der Waals surface area contributed by atoms with E-state index in [1.165, 1.54) is 5.56 Å². The summed E-state index contributed by atoms with van der Waals surface area (Å²) in [6.45, 7) is 4.37. The summed E-state index contributed by atoms with van der Waals surface area (Å²) in [5.74, 6) is 1.30. The Morgan fingerprint density at radius 1 is 0.923 bits per heavy atom. The Kier molecular flexibility index (Phi) is 7.26. The Balaban J connectivity index is 1.41. The van der Waals surface area contributed by atoms with Gasteiger partial charge in [0.1, 0.15) is 0 Å². The third-order valence-corrected chi connectivity index (χ3v) is 6.16. The molecule has 3 rings (SSSR count). The van der Waals surface area contributed by atoms with E-state index in [1.807, 2.05) is 29.2 Å². The van der Waals surface area contributed by atoms with Gasteiger partial charge in [0.25, 0.3) is 0 Å². The van der Waals surface area contributed by atoms with Gasteiger partial charge in [-0.1, -0.05) is 59.6 Å². The fourth-order valence-corrected chi connectivity index (χ4v) is 4.66. The quantitative estimate of drug-likeness (QED) is 0.698. The van der Waals surface area contributed by atoms with Crippen LogP contribution in [0.25, 0.3) is 0 Å². The topological polar surface area (TPSA) is 23.6 Å². The number of hydrogen-bond acceptors (Lipinski definition) is 3. The van der Waals surface area contributed by atoms with Crippen LogP contribution in [0, 0.1) is 0 Å². The number of thioether (sulfide) groups is 1. The Bertz CT molecular complexity index is 714. The molecule has 0 spiro atoms. The lowest BCUT2D eigenvalue weighted by Crippen LogP contribution is -2.48. The van der Waals surface area contributed by atoms with Gasteiger partial charge in [-0.3, -0.25) is 9.69 Å². The molecule has 3 nitrogen and oxygen atoms in total. The van der Waals surface area contributed by atoms with Gasteiger partial charge in [0.05, 0.1) is 5.75 Å². The van der Waals surface area contributed by atoms with Crippen molar-refractivity contribution in [3.63, 3.8) is 0 Å². The molecular weight excluding hydrogens is 387 g/mol. The summed E-state index contributed by atoms with van der Waals surface area (Å²) in [5, 5.41) is 1.32. The molecule has 1 aliphatic rings. The van der Waals surface area contributed by atoms with E-state index >= 15 is 0 Å². The van der Waals surface area contributed by atoms with Gasteiger partial charge in [0.2, 0.25) is 5.91 Å². The highest BCUT2D eigenvalue weighted by Crippen LogP contribution is 2.28. The Morgan fingerprint density at radius 3 is 2.23 bits per heavy atom. The second-order valence-corrected chi connectivity index (χ2v) is 8.14. The third-order valence-electron chi connectivity index (χ3n) is 4.51. The van der Waals surface area contributed by atoms with Gasteiger partial charge in [-0.05, 0) is 23.3 Å². The Labute approximate surface area is 169 Å². The zero-order valence-electron chi connectivity index (χ0n) is 14.5. The van der Waals surface area contributed by atoms with Crippen LogP contribution in [0.15, 0.2) is 48.5 Å². The van der Waals surface area contributed by atoms with Crippen LogP contribution < -0.4 is 0 Å². The van der Waals surface area contributed by atoms with E-state index in [1.54, 1.807) is 11.8 Å². The standard InChI is InChI=1S/C20H22Cl2N2OS/c21-18-7-4-8-19(22)17(18)14-26-15-20(25)24-11-9-23(10-12-24)13-16-5-2-1-3-6-16/h1-8H,9-15H2. The average molecular weight is 409 g/mol. The van der Waals surface area contributed by atoms with Gasteiger partial charge in [0.15, 0.2) is 0 Å². The van der Waals surface area contributed by atoms with Crippen LogP contribution in [-0.4, -0.2) is 47.6 Å². The molecule has 0 aromatic heterocycles. The normalized spacial score (nSPS) is 15.2. The average Bonchev–Trinajstić information content (AvgIpc) is 2.65. The fraction of sp³-hybridized carbons (Fsp3) is 0.350. The van der Waals surface area contributed by atoms with Crippen LogP contribution in [-0.2, 0) is 17.1 Å². The molecule has 26 heavy (non-hydrogen) atoms. The summed E-state index contributed by atoms with van der Waals surface area (Å²) in [4.78, 5) is 16.8. The minimum atomic E-state index is 0.192. The monoisotopic (exact) mass is 408 g/mol. The first-order valence-corrected chi connectivity index (χ1v) is 10.6. The van der Waals surface area contributed by atoms with Gasteiger partial charge in [-0.15, -0.1) is 11.8 Å². The number of piperazine rings is 1. The number of carbonyl (C=O) groups is 1. The molecule has 0 N–H and O–H groups in total. The predicted molar refractivity (Wildman–Crippen MR) is 111 cm³/mol. The lowest BCUT2D eigenvalue weighted by Gasteiger charge is -2.34. The molecule has 138 valence electrons. The molecule has 0 bridgehead atoms. The second kappa shape index (κ2) is 9.65. The van der Waals surface area contributed by atoms with Gasteiger partial charge in [-0.2, -0.15) is 0 Å². The summed E-state index contributed by atoms with van der Waals surface area (Å²) in [7, 11) is 0. The van der Waals surface area contributed by atoms with E-state index in [0.717, 1.165) is 38.3 Å². The minimum absolute atomic E-state index is 0.192. The molecule has 1 amide bonds. The van der Waals surface area contributed by atoms with E-state index < -0.39 is 0 Å². The summed E-state index contributed by atoms with van der Waals surface area (Å²) in [6.07, 6.45) is 0. The van der Waals surface area contributed by atoms with Crippen molar-refractivity contribution in [1.29, 1.82) is 0 Å². The van der Waals surface area contributed by atoms with E-state index in [2.05, 4.69) is 29.2 Å². The fourth-order valence-electron chi connectivity index (χ4n) is 3.00. The summed E-state index contributed by atoms with van der Waals surface area (Å²) in [6, 6.07) is 16.0. The van der Waals surface area contributed by atoms with Crippen molar-refractivity contribution in [2.45, 2.75) is 12.3 Å². The molecule has 0 unspecified atom stereocenters. The zero-order chi connectivity index (χ0) is 18.4. The van der Waals surface area contributed by atoms with Crippen molar-refractivity contribution in [1.82, 2.24) is 9.80 Å². The Morgan fingerprint density at radius 2 is 1.58 bits per heavy atom. The molecule has 6 heteroatoms. The number of nitrogens with zero attached hydrogens (tertiary/aromatic N) is 2. The molecule has 0 saturated carbocycles. The van der Waals surface area contributed by atoms with E-state index in [9.17, 15) is 4.79 Å². The first-order chi connectivity index (χ1) is 12.6. The van der Waals surface area contributed by atoms with Crippen molar-refractivity contribution in [2.75, 3.05) is 31.9 Å². The number of hydrogen-bond donors (Lipinski definition) is 0. The number of benzene rings is 2. The lowest BCUT2D eigenvalue weighted by molar-refractivity contribution is -0.130. The highest BCUT2D eigenvalue weighted by molar-refractivity contribution is 7.99. The van der Waals surface area contributed by atoms with Crippen molar-refractivity contribution in [3.05, 3.63) is 69.7 Å². The maximum absolute atomic E-state index is 12.4. The molecule has 2 aromatic carbocycles. The number of halogens is 2.